The number of rotatable bonds is 9. The van der Waals surface area contributed by atoms with Crippen molar-refractivity contribution < 1.29 is 19.1 Å². The second kappa shape index (κ2) is 11.4. The van der Waals surface area contributed by atoms with Crippen LogP contribution in [0.1, 0.15) is 49.4 Å². The van der Waals surface area contributed by atoms with Crippen LogP contribution < -0.4 is 15.6 Å². The first-order valence-electron chi connectivity index (χ1n) is 12.6. The zero-order valence-electron chi connectivity index (χ0n) is 22.4. The van der Waals surface area contributed by atoms with Gasteiger partial charge in [0.15, 0.2) is 6.61 Å². The van der Waals surface area contributed by atoms with E-state index < -0.39 is 24.4 Å². The van der Waals surface area contributed by atoms with E-state index in [4.69, 9.17) is 9.47 Å². The standard InChI is InChI=1S/C30H33N3O5/c1-19(2)28-26(32(4)33(29(28)35)24-9-7-6-8-10-24)17-31-27(34)18-38-30(36)20(3)21-11-12-23-16-25(37-5)14-13-22(23)15-21/h6-16,19-20H,17-18H2,1-5H3,(H,31,34). The van der Waals surface area contributed by atoms with Gasteiger partial charge in [-0.2, -0.15) is 0 Å². The van der Waals surface area contributed by atoms with Crippen molar-refractivity contribution in [2.75, 3.05) is 13.7 Å². The lowest BCUT2D eigenvalue weighted by atomic mass is 9.98. The summed E-state index contributed by atoms with van der Waals surface area (Å²) in [5, 5.41) is 4.78. The molecule has 0 bridgehead atoms. The van der Waals surface area contributed by atoms with Gasteiger partial charge in [-0.15, -0.1) is 0 Å². The Balaban J connectivity index is 1.40. The molecule has 0 saturated heterocycles. The van der Waals surface area contributed by atoms with Gasteiger partial charge in [0.1, 0.15) is 5.75 Å². The number of aromatic nitrogens is 2. The molecule has 0 spiro atoms. The fourth-order valence-electron chi connectivity index (χ4n) is 4.59. The molecule has 4 aromatic rings. The van der Waals surface area contributed by atoms with Crippen molar-refractivity contribution >= 4 is 22.6 Å². The van der Waals surface area contributed by atoms with Crippen LogP contribution in [0.2, 0.25) is 0 Å². The Morgan fingerprint density at radius 1 is 0.947 bits per heavy atom. The number of benzene rings is 3. The Kier molecular flexibility index (Phi) is 8.00. The van der Waals surface area contributed by atoms with Crippen LogP contribution >= 0.6 is 0 Å². The summed E-state index contributed by atoms with van der Waals surface area (Å²) < 4.78 is 13.9. The monoisotopic (exact) mass is 515 g/mol. The first kappa shape index (κ1) is 26.7. The topological polar surface area (TPSA) is 91.6 Å². The fourth-order valence-corrected chi connectivity index (χ4v) is 4.59. The average Bonchev–Trinajstić information content (AvgIpc) is 3.18. The Hall–Kier alpha value is -4.33. The number of nitrogens with one attached hydrogen (secondary N) is 1. The fraction of sp³-hybridized carbons (Fsp3) is 0.300. The second-order valence-corrected chi connectivity index (χ2v) is 9.57. The van der Waals surface area contributed by atoms with Gasteiger partial charge in [0, 0.05) is 12.6 Å². The number of esters is 1. The van der Waals surface area contributed by atoms with E-state index in [1.807, 2.05) is 80.6 Å². The lowest BCUT2D eigenvalue weighted by Crippen LogP contribution is -2.30. The third-order valence-electron chi connectivity index (χ3n) is 6.73. The van der Waals surface area contributed by atoms with Crippen molar-refractivity contribution in [1.82, 2.24) is 14.7 Å². The molecule has 1 unspecified atom stereocenters. The molecule has 4 rings (SSSR count). The molecule has 1 aromatic heterocycles. The molecule has 38 heavy (non-hydrogen) atoms. The molecule has 0 aliphatic rings. The van der Waals surface area contributed by atoms with E-state index in [9.17, 15) is 14.4 Å². The van der Waals surface area contributed by atoms with Crippen molar-refractivity contribution in [3.05, 3.63) is 93.9 Å². The number of fused-ring (bicyclic) bond motifs is 1. The number of ether oxygens (including phenoxy) is 2. The minimum Gasteiger partial charge on any atom is -0.497 e. The summed E-state index contributed by atoms with van der Waals surface area (Å²) in [6.07, 6.45) is 0. The zero-order valence-corrected chi connectivity index (χ0v) is 22.4. The van der Waals surface area contributed by atoms with Gasteiger partial charge < -0.3 is 14.8 Å². The molecule has 0 radical (unpaired) electrons. The first-order chi connectivity index (χ1) is 18.2. The highest BCUT2D eigenvalue weighted by Crippen LogP contribution is 2.26. The van der Waals surface area contributed by atoms with Crippen molar-refractivity contribution in [3.63, 3.8) is 0 Å². The largest absolute Gasteiger partial charge is 0.497 e. The van der Waals surface area contributed by atoms with Crippen LogP contribution in [0.25, 0.3) is 16.5 Å². The summed E-state index contributed by atoms with van der Waals surface area (Å²) in [7, 11) is 3.41. The molecule has 3 aromatic carbocycles. The van der Waals surface area contributed by atoms with Crippen LogP contribution in [-0.2, 0) is 27.9 Å². The van der Waals surface area contributed by atoms with E-state index in [1.165, 1.54) is 0 Å². The van der Waals surface area contributed by atoms with Crippen LogP contribution in [-0.4, -0.2) is 35.0 Å². The van der Waals surface area contributed by atoms with Crippen LogP contribution in [0.15, 0.2) is 71.5 Å². The Morgan fingerprint density at radius 3 is 2.32 bits per heavy atom. The molecule has 8 nitrogen and oxygen atoms in total. The van der Waals surface area contributed by atoms with Gasteiger partial charge in [0.25, 0.3) is 11.5 Å². The summed E-state index contributed by atoms with van der Waals surface area (Å²) in [5.74, 6) is -0.736. The van der Waals surface area contributed by atoms with Crippen LogP contribution in [0.5, 0.6) is 5.75 Å². The van der Waals surface area contributed by atoms with Gasteiger partial charge in [-0.05, 0) is 53.4 Å². The molecule has 8 heteroatoms. The summed E-state index contributed by atoms with van der Waals surface area (Å²) in [4.78, 5) is 38.5. The maximum absolute atomic E-state index is 13.2. The molecule has 198 valence electrons. The maximum atomic E-state index is 13.2. The Morgan fingerprint density at radius 2 is 1.63 bits per heavy atom. The van der Waals surface area contributed by atoms with E-state index in [-0.39, 0.29) is 18.0 Å². The number of carbonyl (C=O) groups excluding carboxylic acids is 2. The van der Waals surface area contributed by atoms with Crippen LogP contribution in [0, 0.1) is 0 Å². The number of methoxy groups -OCH3 is 1. The maximum Gasteiger partial charge on any atom is 0.313 e. The smallest absolute Gasteiger partial charge is 0.313 e. The van der Waals surface area contributed by atoms with Gasteiger partial charge in [-0.25, -0.2) is 4.68 Å². The molecule has 1 heterocycles. The summed E-state index contributed by atoms with van der Waals surface area (Å²) in [6, 6.07) is 20.8. The molecule has 0 aliphatic carbocycles. The minimum atomic E-state index is -0.539. The summed E-state index contributed by atoms with van der Waals surface area (Å²) >= 11 is 0. The number of carbonyl (C=O) groups is 2. The van der Waals surface area contributed by atoms with Crippen LogP contribution in [0.3, 0.4) is 0 Å². The van der Waals surface area contributed by atoms with E-state index in [1.54, 1.807) is 30.4 Å². The van der Waals surface area contributed by atoms with Gasteiger partial charge in [0.05, 0.1) is 31.0 Å². The first-order valence-corrected chi connectivity index (χ1v) is 12.6. The van der Waals surface area contributed by atoms with Gasteiger partial charge in [0.2, 0.25) is 0 Å². The highest BCUT2D eigenvalue weighted by atomic mass is 16.5. The molecule has 1 amide bonds. The van der Waals surface area contributed by atoms with Gasteiger partial charge >= 0.3 is 5.97 Å². The predicted molar refractivity (Wildman–Crippen MR) is 147 cm³/mol. The highest BCUT2D eigenvalue weighted by Gasteiger charge is 2.22. The normalized spacial score (nSPS) is 11.9. The van der Waals surface area contributed by atoms with Crippen molar-refractivity contribution in [1.29, 1.82) is 0 Å². The zero-order chi connectivity index (χ0) is 27.4. The lowest BCUT2D eigenvalue weighted by molar-refractivity contribution is -0.149. The molecular weight excluding hydrogens is 482 g/mol. The van der Waals surface area contributed by atoms with E-state index in [0.717, 1.165) is 27.8 Å². The van der Waals surface area contributed by atoms with Gasteiger partial charge in [-0.1, -0.05) is 56.3 Å². The quantitative estimate of drug-likeness (QED) is 0.333. The molecule has 0 aliphatic heterocycles. The minimum absolute atomic E-state index is 0.0349. The highest BCUT2D eigenvalue weighted by molar-refractivity contribution is 5.87. The Labute approximate surface area is 221 Å². The number of hydrogen-bond acceptors (Lipinski definition) is 5. The number of para-hydroxylation sites is 1. The average molecular weight is 516 g/mol. The summed E-state index contributed by atoms with van der Waals surface area (Å²) in [5.41, 5.74) is 2.76. The van der Waals surface area contributed by atoms with Crippen molar-refractivity contribution in [2.24, 2.45) is 7.05 Å². The number of hydrogen-bond donors (Lipinski definition) is 1. The Bertz CT molecular complexity index is 1520. The predicted octanol–water partition coefficient (Wildman–Crippen LogP) is 4.42. The van der Waals surface area contributed by atoms with Gasteiger partial charge in [-0.3, -0.25) is 19.1 Å². The van der Waals surface area contributed by atoms with Crippen LogP contribution in [0.4, 0.5) is 0 Å². The molecule has 1 N–H and O–H groups in total. The van der Waals surface area contributed by atoms with Crippen molar-refractivity contribution in [3.8, 4) is 11.4 Å². The third-order valence-corrected chi connectivity index (χ3v) is 6.73. The van der Waals surface area contributed by atoms with E-state index in [0.29, 0.717) is 11.3 Å². The molecule has 1 atom stereocenters. The SMILES string of the molecule is COc1ccc2cc(C(C)C(=O)OCC(=O)NCc3c(C(C)C)c(=O)n(-c4ccccc4)n3C)ccc2c1. The number of amides is 1. The molecule has 0 fully saturated rings. The van der Waals surface area contributed by atoms with E-state index in [2.05, 4.69) is 5.32 Å². The lowest BCUT2D eigenvalue weighted by Gasteiger charge is -2.14. The third kappa shape index (κ3) is 5.49. The number of nitrogens with zero attached hydrogens (tertiary/aromatic N) is 2. The second-order valence-electron chi connectivity index (χ2n) is 9.57. The summed E-state index contributed by atoms with van der Waals surface area (Å²) in [6.45, 7) is 5.38. The van der Waals surface area contributed by atoms with Crippen molar-refractivity contribution in [2.45, 2.75) is 39.2 Å². The molecule has 0 saturated carbocycles. The van der Waals surface area contributed by atoms with E-state index >= 15 is 0 Å². The molecular formula is C30H33N3O5.